The molecule has 0 spiro atoms. The first-order valence-electron chi connectivity index (χ1n) is 8.42. The third kappa shape index (κ3) is 5.03. The van der Waals surface area contributed by atoms with Gasteiger partial charge in [-0.25, -0.2) is 0 Å². The number of hydrogen-bond acceptors (Lipinski definition) is 5. The molecule has 0 atom stereocenters. The van der Waals surface area contributed by atoms with Crippen LogP contribution in [0.1, 0.15) is 38.2 Å². The Bertz CT molecular complexity index is 529. The Balaban J connectivity index is 2.06. The van der Waals surface area contributed by atoms with Crippen LogP contribution in [0, 0.1) is 5.92 Å². The van der Waals surface area contributed by atoms with Crippen LogP contribution in [0.25, 0.3) is 0 Å². The number of nitrogens with two attached hydrogens (primary N) is 1. The normalized spacial score (nSPS) is 20.5. The van der Waals surface area contributed by atoms with E-state index in [1.807, 2.05) is 12.1 Å². The van der Waals surface area contributed by atoms with E-state index in [4.69, 9.17) is 19.9 Å². The fraction of sp³-hybridized carbons (Fsp3) is 0.611. The Morgan fingerprint density at radius 3 is 2.25 bits per heavy atom. The lowest BCUT2D eigenvalue weighted by Crippen LogP contribution is -2.32. The van der Waals surface area contributed by atoms with Crippen molar-refractivity contribution in [1.29, 1.82) is 0 Å². The molecule has 0 aromatic heterocycles. The first-order valence-corrected chi connectivity index (χ1v) is 8.42. The summed E-state index contributed by atoms with van der Waals surface area (Å²) in [7, 11) is 3.12. The number of benzene rings is 1. The monoisotopic (exact) mass is 336 g/mol. The van der Waals surface area contributed by atoms with Crippen LogP contribution in [0.3, 0.4) is 0 Å². The minimum Gasteiger partial charge on any atom is -0.493 e. The van der Waals surface area contributed by atoms with Crippen molar-refractivity contribution in [2.24, 2.45) is 11.7 Å². The lowest BCUT2D eigenvalue weighted by Gasteiger charge is -2.27. The van der Waals surface area contributed by atoms with Gasteiger partial charge < -0.3 is 25.3 Å². The van der Waals surface area contributed by atoms with E-state index in [1.165, 1.54) is 25.7 Å². The van der Waals surface area contributed by atoms with E-state index in [0.29, 0.717) is 23.3 Å². The number of carbonyl (C=O) groups is 1. The molecule has 24 heavy (non-hydrogen) atoms. The van der Waals surface area contributed by atoms with Gasteiger partial charge in [-0.2, -0.15) is 0 Å². The van der Waals surface area contributed by atoms with Crippen molar-refractivity contribution in [2.75, 3.05) is 20.8 Å². The number of methoxy groups -OCH3 is 2. The maximum absolute atomic E-state index is 10.9. The summed E-state index contributed by atoms with van der Waals surface area (Å²) < 4.78 is 16.2. The summed E-state index contributed by atoms with van der Waals surface area (Å²) in [4.78, 5) is 10.9. The van der Waals surface area contributed by atoms with Crippen LogP contribution in [-0.2, 0) is 11.3 Å². The highest BCUT2D eigenvalue weighted by molar-refractivity contribution is 5.75. The largest absolute Gasteiger partial charge is 0.493 e. The van der Waals surface area contributed by atoms with Gasteiger partial charge in [0.2, 0.25) is 5.75 Å². The zero-order valence-electron chi connectivity index (χ0n) is 14.8. The van der Waals surface area contributed by atoms with Gasteiger partial charge in [0.25, 0.3) is 5.91 Å². The average Bonchev–Trinajstić information content (AvgIpc) is 2.58. The summed E-state index contributed by atoms with van der Waals surface area (Å²) in [5, 5.41) is 3.60. The predicted molar refractivity (Wildman–Crippen MR) is 92.5 cm³/mol. The van der Waals surface area contributed by atoms with E-state index < -0.39 is 5.91 Å². The van der Waals surface area contributed by atoms with Crippen molar-refractivity contribution in [3.8, 4) is 17.2 Å². The minimum atomic E-state index is -0.545. The summed E-state index contributed by atoms with van der Waals surface area (Å²) in [5.41, 5.74) is 6.19. The van der Waals surface area contributed by atoms with Crippen molar-refractivity contribution in [1.82, 2.24) is 5.32 Å². The Labute approximate surface area is 143 Å². The Hall–Kier alpha value is -1.95. The fourth-order valence-electron chi connectivity index (χ4n) is 3.05. The lowest BCUT2D eigenvalue weighted by atomic mass is 9.87. The highest BCUT2D eigenvalue weighted by Crippen LogP contribution is 2.38. The SMILES string of the molecule is COc1cc(CNC2CCC(C)CC2)cc(OC)c1OCC(N)=O. The van der Waals surface area contributed by atoms with Crippen LogP contribution in [0.4, 0.5) is 0 Å². The quantitative estimate of drug-likeness (QED) is 0.761. The van der Waals surface area contributed by atoms with E-state index in [0.717, 1.165) is 18.0 Å². The van der Waals surface area contributed by atoms with E-state index >= 15 is 0 Å². The Morgan fingerprint density at radius 1 is 1.17 bits per heavy atom. The molecule has 6 heteroatoms. The zero-order chi connectivity index (χ0) is 17.5. The van der Waals surface area contributed by atoms with Gasteiger partial charge in [0, 0.05) is 12.6 Å². The molecule has 3 N–H and O–H groups in total. The summed E-state index contributed by atoms with van der Waals surface area (Å²) in [6.45, 7) is 2.84. The second-order valence-corrected chi connectivity index (χ2v) is 6.42. The summed E-state index contributed by atoms with van der Waals surface area (Å²) >= 11 is 0. The molecule has 134 valence electrons. The topological polar surface area (TPSA) is 82.8 Å². The Morgan fingerprint density at radius 2 is 1.75 bits per heavy atom. The summed E-state index contributed by atoms with van der Waals surface area (Å²) in [5.74, 6) is 1.75. The predicted octanol–water partition coefficient (Wildman–Crippen LogP) is 2.24. The first-order chi connectivity index (χ1) is 11.5. The van der Waals surface area contributed by atoms with Gasteiger partial charge in [0.1, 0.15) is 0 Å². The van der Waals surface area contributed by atoms with E-state index in [-0.39, 0.29) is 6.61 Å². The highest BCUT2D eigenvalue weighted by atomic mass is 16.5. The second-order valence-electron chi connectivity index (χ2n) is 6.42. The van der Waals surface area contributed by atoms with Crippen LogP contribution >= 0.6 is 0 Å². The molecule has 1 aliphatic rings. The molecule has 0 saturated heterocycles. The van der Waals surface area contributed by atoms with E-state index in [2.05, 4.69) is 12.2 Å². The molecule has 1 aromatic rings. The summed E-state index contributed by atoms with van der Waals surface area (Å²) in [6, 6.07) is 4.36. The molecule has 1 aromatic carbocycles. The van der Waals surface area contributed by atoms with Crippen molar-refractivity contribution in [2.45, 2.75) is 45.2 Å². The molecule has 1 fully saturated rings. The number of nitrogens with one attached hydrogen (secondary N) is 1. The van der Waals surface area contributed by atoms with Gasteiger partial charge in [0.15, 0.2) is 18.1 Å². The smallest absolute Gasteiger partial charge is 0.255 e. The van der Waals surface area contributed by atoms with Crippen molar-refractivity contribution in [3.05, 3.63) is 17.7 Å². The molecular weight excluding hydrogens is 308 g/mol. The third-order valence-electron chi connectivity index (χ3n) is 4.49. The maximum atomic E-state index is 10.9. The standard InChI is InChI=1S/C18H28N2O4/c1-12-4-6-14(7-5-12)20-10-13-8-15(22-2)18(16(9-13)23-3)24-11-17(19)21/h8-9,12,14,20H,4-7,10-11H2,1-3H3,(H2,19,21). The average molecular weight is 336 g/mol. The number of ether oxygens (including phenoxy) is 3. The molecule has 2 rings (SSSR count). The molecule has 0 radical (unpaired) electrons. The van der Waals surface area contributed by atoms with Crippen molar-refractivity contribution < 1.29 is 19.0 Å². The number of amides is 1. The van der Waals surface area contributed by atoms with Gasteiger partial charge in [-0.1, -0.05) is 6.92 Å². The molecular formula is C18H28N2O4. The van der Waals surface area contributed by atoms with Crippen LogP contribution in [0.5, 0.6) is 17.2 Å². The second kappa shape index (κ2) is 8.78. The van der Waals surface area contributed by atoms with Gasteiger partial charge in [-0.15, -0.1) is 0 Å². The number of hydrogen-bond donors (Lipinski definition) is 2. The van der Waals surface area contributed by atoms with Gasteiger partial charge in [0.05, 0.1) is 14.2 Å². The summed E-state index contributed by atoms with van der Waals surface area (Å²) in [6.07, 6.45) is 5.00. The lowest BCUT2D eigenvalue weighted by molar-refractivity contribution is -0.119. The van der Waals surface area contributed by atoms with Crippen molar-refractivity contribution >= 4 is 5.91 Å². The van der Waals surface area contributed by atoms with Crippen LogP contribution in [0.2, 0.25) is 0 Å². The number of carbonyl (C=O) groups excluding carboxylic acids is 1. The zero-order valence-corrected chi connectivity index (χ0v) is 14.8. The van der Waals surface area contributed by atoms with Crippen LogP contribution in [0.15, 0.2) is 12.1 Å². The van der Waals surface area contributed by atoms with Crippen LogP contribution < -0.4 is 25.3 Å². The minimum absolute atomic E-state index is 0.218. The molecule has 0 aliphatic heterocycles. The molecule has 6 nitrogen and oxygen atoms in total. The van der Waals surface area contributed by atoms with Gasteiger partial charge >= 0.3 is 0 Å². The molecule has 1 aliphatic carbocycles. The molecule has 1 amide bonds. The fourth-order valence-corrected chi connectivity index (χ4v) is 3.05. The molecule has 0 bridgehead atoms. The van der Waals surface area contributed by atoms with E-state index in [1.54, 1.807) is 14.2 Å². The van der Waals surface area contributed by atoms with Crippen LogP contribution in [-0.4, -0.2) is 32.8 Å². The third-order valence-corrected chi connectivity index (χ3v) is 4.49. The highest BCUT2D eigenvalue weighted by Gasteiger charge is 2.19. The van der Waals surface area contributed by atoms with E-state index in [9.17, 15) is 4.79 Å². The molecule has 0 heterocycles. The number of rotatable bonds is 8. The maximum Gasteiger partial charge on any atom is 0.255 e. The van der Waals surface area contributed by atoms with Crippen molar-refractivity contribution in [3.63, 3.8) is 0 Å². The molecule has 1 saturated carbocycles. The molecule has 0 unspecified atom stereocenters. The van der Waals surface area contributed by atoms with Gasteiger partial charge in [-0.3, -0.25) is 4.79 Å². The first kappa shape index (κ1) is 18.4. The van der Waals surface area contributed by atoms with Gasteiger partial charge in [-0.05, 0) is 49.3 Å². The Kier molecular flexibility index (Phi) is 6.73. The number of primary amides is 1.